The summed E-state index contributed by atoms with van der Waals surface area (Å²) in [7, 11) is -3.67. The number of carbonyl (C=O) groups is 2. The molecule has 1 aromatic carbocycles. The maximum Gasteiger partial charge on any atom is 0.243 e. The number of likely N-dealkylation sites (tertiary alicyclic amines) is 1. The van der Waals surface area contributed by atoms with Crippen molar-refractivity contribution < 1.29 is 22.7 Å². The minimum absolute atomic E-state index is 0.172. The fourth-order valence-electron chi connectivity index (χ4n) is 5.43. The standard InChI is InChI=1S/C28H41ClN6O5S2/c1-42(38,39)34-24(7-4-18-8-10-32-11-9-18)28(37)35-15-22(40-16-19-2-5-21(29)6-3-19)13-25(35)27(36)33-14-23-12-20(17-41-23)26(30)31/h2-3,5-6,12,17-18,22,24-26,32,34H,4,7-11,13-16,30-31H2,1H3,(H,33,36)/t22-,24-,25+/m1/s1. The first-order chi connectivity index (χ1) is 20.0. The molecular formula is C28H41ClN6O5S2. The quantitative estimate of drug-likeness (QED) is 0.207. The van der Waals surface area contributed by atoms with E-state index in [1.165, 1.54) is 16.2 Å². The lowest BCUT2D eigenvalue weighted by Gasteiger charge is -2.29. The lowest BCUT2D eigenvalue weighted by Crippen LogP contribution is -2.53. The highest BCUT2D eigenvalue weighted by Crippen LogP contribution is 2.26. The van der Waals surface area contributed by atoms with Crippen LogP contribution in [0.2, 0.25) is 5.02 Å². The number of ether oxygens (including phenoxy) is 1. The molecule has 0 aliphatic carbocycles. The van der Waals surface area contributed by atoms with Crippen molar-refractivity contribution in [3.8, 4) is 0 Å². The number of piperidine rings is 1. The van der Waals surface area contributed by atoms with Gasteiger partial charge in [-0.25, -0.2) is 13.1 Å². The fourth-order valence-corrected chi connectivity index (χ4v) is 7.16. The fraction of sp³-hybridized carbons (Fsp3) is 0.571. The summed E-state index contributed by atoms with van der Waals surface area (Å²) >= 11 is 7.43. The van der Waals surface area contributed by atoms with Crippen molar-refractivity contribution >= 4 is 44.8 Å². The van der Waals surface area contributed by atoms with Gasteiger partial charge < -0.3 is 31.7 Å². The van der Waals surface area contributed by atoms with Crippen molar-refractivity contribution in [2.45, 2.75) is 69.6 Å². The second kappa shape index (κ2) is 15.1. The van der Waals surface area contributed by atoms with Gasteiger partial charge in [0.15, 0.2) is 0 Å². The number of thiophene rings is 1. The van der Waals surface area contributed by atoms with Crippen molar-refractivity contribution in [2.75, 3.05) is 25.9 Å². The van der Waals surface area contributed by atoms with Crippen LogP contribution in [0.3, 0.4) is 0 Å². The van der Waals surface area contributed by atoms with E-state index in [1.54, 1.807) is 12.1 Å². The Bertz CT molecular complexity index is 1300. The number of rotatable bonds is 13. The predicted octanol–water partition coefficient (Wildman–Crippen LogP) is 1.82. The molecule has 11 nitrogen and oxygen atoms in total. The highest BCUT2D eigenvalue weighted by molar-refractivity contribution is 7.88. The van der Waals surface area contributed by atoms with Crippen LogP contribution < -0.4 is 26.8 Å². The van der Waals surface area contributed by atoms with Crippen molar-refractivity contribution in [1.29, 1.82) is 0 Å². The minimum Gasteiger partial charge on any atom is -0.372 e. The molecular weight excluding hydrogens is 600 g/mol. The molecule has 1 aromatic heterocycles. The first-order valence-electron chi connectivity index (χ1n) is 14.2. The molecule has 0 unspecified atom stereocenters. The summed E-state index contributed by atoms with van der Waals surface area (Å²) < 4.78 is 33.2. The Hall–Kier alpha value is -2.10. The maximum atomic E-state index is 13.9. The van der Waals surface area contributed by atoms with Gasteiger partial charge in [0.2, 0.25) is 21.8 Å². The summed E-state index contributed by atoms with van der Waals surface area (Å²) in [5, 5.41) is 8.72. The Morgan fingerprint density at radius 2 is 1.93 bits per heavy atom. The van der Waals surface area contributed by atoms with Crippen LogP contribution in [-0.2, 0) is 37.5 Å². The number of hydrogen-bond donors (Lipinski definition) is 5. The van der Waals surface area contributed by atoms with E-state index < -0.39 is 40.3 Å². The molecule has 7 N–H and O–H groups in total. The molecule has 2 aliphatic heterocycles. The smallest absolute Gasteiger partial charge is 0.243 e. The maximum absolute atomic E-state index is 13.9. The number of amides is 2. The third kappa shape index (κ3) is 9.71. The van der Waals surface area contributed by atoms with Gasteiger partial charge in [0, 0.05) is 22.9 Å². The Morgan fingerprint density at radius 1 is 1.21 bits per heavy atom. The number of nitrogens with zero attached hydrogens (tertiary/aromatic N) is 1. The summed E-state index contributed by atoms with van der Waals surface area (Å²) in [5.74, 6) is -0.336. The number of halogens is 1. The van der Waals surface area contributed by atoms with Gasteiger partial charge in [-0.05, 0) is 79.4 Å². The Balaban J connectivity index is 1.47. The van der Waals surface area contributed by atoms with E-state index in [-0.39, 0.29) is 32.0 Å². The van der Waals surface area contributed by atoms with Gasteiger partial charge in [-0.1, -0.05) is 23.7 Å². The summed E-state index contributed by atoms with van der Waals surface area (Å²) in [4.78, 5) is 29.8. The van der Waals surface area contributed by atoms with Gasteiger partial charge in [0.25, 0.3) is 0 Å². The van der Waals surface area contributed by atoms with Crippen LogP contribution in [0.4, 0.5) is 0 Å². The molecule has 2 aromatic rings. The molecule has 4 rings (SSSR count). The van der Waals surface area contributed by atoms with Gasteiger partial charge in [0.1, 0.15) is 12.1 Å². The third-order valence-electron chi connectivity index (χ3n) is 7.72. The molecule has 14 heteroatoms. The van der Waals surface area contributed by atoms with Crippen LogP contribution in [-0.4, -0.2) is 69.2 Å². The Kier molecular flexibility index (Phi) is 11.8. The van der Waals surface area contributed by atoms with E-state index in [0.717, 1.165) is 48.2 Å². The Morgan fingerprint density at radius 3 is 2.57 bits per heavy atom. The molecule has 0 spiro atoms. The molecule has 3 atom stereocenters. The van der Waals surface area contributed by atoms with Crippen LogP contribution in [0.15, 0.2) is 35.7 Å². The van der Waals surface area contributed by atoms with E-state index in [9.17, 15) is 18.0 Å². The molecule has 2 fully saturated rings. The molecule has 0 bridgehead atoms. The number of hydrogen-bond acceptors (Lipinski definition) is 9. The monoisotopic (exact) mass is 640 g/mol. The SMILES string of the molecule is CS(=O)(=O)N[C@H](CCC1CCNCC1)C(=O)N1C[C@H](OCc2ccc(Cl)cc2)C[C@H]1C(=O)NCc1cc(C(N)N)cs1. The summed E-state index contributed by atoms with van der Waals surface area (Å²) in [6, 6.07) is 7.34. The second-order valence-corrected chi connectivity index (χ2v) is 14.3. The summed E-state index contributed by atoms with van der Waals surface area (Å²) in [6.07, 6.45) is 3.36. The molecule has 0 saturated carbocycles. The number of nitrogens with two attached hydrogens (primary N) is 2. The van der Waals surface area contributed by atoms with E-state index in [2.05, 4.69) is 15.4 Å². The zero-order valence-corrected chi connectivity index (χ0v) is 26.1. The van der Waals surface area contributed by atoms with E-state index in [4.69, 9.17) is 27.8 Å². The number of nitrogens with one attached hydrogen (secondary N) is 3. The lowest BCUT2D eigenvalue weighted by atomic mass is 9.91. The lowest BCUT2D eigenvalue weighted by molar-refractivity contribution is -0.140. The van der Waals surface area contributed by atoms with Crippen LogP contribution in [0.5, 0.6) is 0 Å². The number of carbonyl (C=O) groups excluding carboxylic acids is 2. The van der Waals surface area contributed by atoms with Crippen LogP contribution in [0.25, 0.3) is 0 Å². The second-order valence-electron chi connectivity index (χ2n) is 11.1. The molecule has 2 amide bonds. The van der Waals surface area contributed by atoms with Gasteiger partial charge in [-0.2, -0.15) is 0 Å². The topological polar surface area (TPSA) is 169 Å². The highest BCUT2D eigenvalue weighted by Gasteiger charge is 2.42. The van der Waals surface area contributed by atoms with Crippen LogP contribution in [0, 0.1) is 5.92 Å². The molecule has 2 saturated heterocycles. The average molecular weight is 641 g/mol. The zero-order valence-electron chi connectivity index (χ0n) is 23.8. The van der Waals surface area contributed by atoms with Gasteiger partial charge in [-0.15, -0.1) is 11.3 Å². The predicted molar refractivity (Wildman–Crippen MR) is 164 cm³/mol. The van der Waals surface area contributed by atoms with Crippen molar-refractivity contribution in [2.24, 2.45) is 17.4 Å². The van der Waals surface area contributed by atoms with E-state index in [1.807, 2.05) is 23.6 Å². The normalized spacial score (nSPS) is 20.6. The largest absolute Gasteiger partial charge is 0.372 e. The van der Waals surface area contributed by atoms with Crippen molar-refractivity contribution in [1.82, 2.24) is 20.3 Å². The van der Waals surface area contributed by atoms with Crippen LogP contribution >= 0.6 is 22.9 Å². The summed E-state index contributed by atoms with van der Waals surface area (Å²) in [5.41, 5.74) is 13.2. The first kappa shape index (κ1) is 32.8. The zero-order chi connectivity index (χ0) is 30.3. The Labute approximate surface area is 256 Å². The van der Waals surface area contributed by atoms with Crippen molar-refractivity contribution in [3.05, 3.63) is 56.7 Å². The molecule has 0 radical (unpaired) electrons. The van der Waals surface area contributed by atoms with Crippen molar-refractivity contribution in [3.63, 3.8) is 0 Å². The average Bonchev–Trinajstić information content (AvgIpc) is 3.61. The van der Waals surface area contributed by atoms with E-state index >= 15 is 0 Å². The molecule has 3 heterocycles. The summed E-state index contributed by atoms with van der Waals surface area (Å²) in [6.45, 7) is 2.53. The third-order valence-corrected chi connectivity index (χ3v) is 9.64. The van der Waals surface area contributed by atoms with Gasteiger partial charge >= 0.3 is 0 Å². The van der Waals surface area contributed by atoms with Crippen LogP contribution in [0.1, 0.15) is 54.3 Å². The minimum atomic E-state index is -3.67. The number of benzene rings is 1. The highest BCUT2D eigenvalue weighted by atomic mass is 35.5. The number of sulfonamides is 1. The van der Waals surface area contributed by atoms with E-state index in [0.29, 0.717) is 23.8 Å². The first-order valence-corrected chi connectivity index (χ1v) is 17.3. The van der Waals surface area contributed by atoms with Gasteiger partial charge in [-0.3, -0.25) is 9.59 Å². The van der Waals surface area contributed by atoms with Gasteiger partial charge in [0.05, 0.1) is 31.7 Å². The molecule has 42 heavy (non-hydrogen) atoms. The molecule has 2 aliphatic rings. The molecule has 232 valence electrons.